The first-order valence-corrected chi connectivity index (χ1v) is 9.59. The number of nitrogens with zero attached hydrogens (tertiary/aromatic N) is 2. The van der Waals surface area contributed by atoms with E-state index in [0.29, 0.717) is 6.61 Å². The summed E-state index contributed by atoms with van der Waals surface area (Å²) in [5.41, 5.74) is 8.57. The van der Waals surface area contributed by atoms with E-state index in [4.69, 9.17) is 4.74 Å². The van der Waals surface area contributed by atoms with Crippen LogP contribution in [-0.2, 0) is 0 Å². The molecule has 0 atom stereocenters. The Morgan fingerprint density at radius 1 is 1.19 bits per heavy atom. The molecule has 1 heterocycles. The number of aryl methyl sites for hydroxylation is 2. The van der Waals surface area contributed by atoms with Crippen LogP contribution in [0.2, 0.25) is 0 Å². The van der Waals surface area contributed by atoms with Crippen LogP contribution in [-0.4, -0.2) is 17.8 Å². The molecule has 0 saturated heterocycles. The van der Waals surface area contributed by atoms with Crippen molar-refractivity contribution in [2.45, 2.75) is 27.2 Å². The van der Waals surface area contributed by atoms with Gasteiger partial charge in [0.15, 0.2) is 0 Å². The minimum Gasteiger partial charge on any atom is -0.493 e. The molecule has 0 radical (unpaired) electrons. The maximum Gasteiger partial charge on any atom is 0.203 e. The number of nitrogens with one attached hydrogen (secondary N) is 1. The van der Waals surface area contributed by atoms with Crippen molar-refractivity contribution in [2.75, 3.05) is 12.0 Å². The highest BCUT2D eigenvalue weighted by Gasteiger charge is 2.07. The molecule has 2 aromatic carbocycles. The number of aromatic nitrogens is 1. The fourth-order valence-electron chi connectivity index (χ4n) is 2.64. The summed E-state index contributed by atoms with van der Waals surface area (Å²) in [4.78, 5) is 4.64. The highest BCUT2D eigenvalue weighted by molar-refractivity contribution is 7.14. The molecule has 0 bridgehead atoms. The van der Waals surface area contributed by atoms with Crippen LogP contribution >= 0.6 is 11.3 Å². The quantitative estimate of drug-likeness (QED) is 0.434. The Bertz CT molecular complexity index is 902. The molecule has 3 rings (SSSR count). The van der Waals surface area contributed by atoms with Crippen LogP contribution in [0.25, 0.3) is 11.3 Å². The Labute approximate surface area is 158 Å². The molecule has 0 unspecified atom stereocenters. The molecule has 134 valence electrons. The summed E-state index contributed by atoms with van der Waals surface area (Å²) in [6, 6.07) is 14.3. The van der Waals surface area contributed by atoms with E-state index in [9.17, 15) is 0 Å². The number of benzene rings is 2. The minimum absolute atomic E-state index is 0.698. The van der Waals surface area contributed by atoms with Gasteiger partial charge in [0.25, 0.3) is 0 Å². The first kappa shape index (κ1) is 18.1. The fourth-order valence-corrected chi connectivity index (χ4v) is 3.30. The largest absolute Gasteiger partial charge is 0.493 e. The Morgan fingerprint density at radius 3 is 2.85 bits per heavy atom. The number of hydrazone groups is 1. The lowest BCUT2D eigenvalue weighted by atomic mass is 10.0. The van der Waals surface area contributed by atoms with E-state index in [1.165, 1.54) is 11.1 Å². The average Bonchev–Trinajstić information content (AvgIpc) is 3.09. The Kier molecular flexibility index (Phi) is 6.02. The lowest BCUT2D eigenvalue weighted by Crippen LogP contribution is -1.99. The van der Waals surface area contributed by atoms with E-state index in [1.54, 1.807) is 17.6 Å². The second-order valence-corrected chi connectivity index (χ2v) is 6.97. The highest BCUT2D eigenvalue weighted by atomic mass is 32.1. The monoisotopic (exact) mass is 365 g/mol. The number of ether oxygens (including phenoxy) is 1. The van der Waals surface area contributed by atoms with Crippen LogP contribution in [0.4, 0.5) is 5.13 Å². The van der Waals surface area contributed by atoms with Gasteiger partial charge in [0.05, 0.1) is 18.5 Å². The third-order valence-electron chi connectivity index (χ3n) is 3.91. The summed E-state index contributed by atoms with van der Waals surface area (Å²) >= 11 is 1.54. The van der Waals surface area contributed by atoms with Gasteiger partial charge in [0.2, 0.25) is 5.13 Å². The second kappa shape index (κ2) is 8.63. The lowest BCUT2D eigenvalue weighted by Gasteiger charge is -2.07. The standard InChI is InChI=1S/C21H23N3OS/c1-4-11-25-20-8-6-5-7-17(20)13-22-24-21-23-19(14-26-21)18-10-9-15(2)12-16(18)3/h5-10,12-14H,4,11H2,1-3H3,(H,23,24)/b22-13-. The van der Waals surface area contributed by atoms with Crippen molar-refractivity contribution in [3.05, 3.63) is 64.5 Å². The van der Waals surface area contributed by atoms with Gasteiger partial charge in [0, 0.05) is 16.5 Å². The summed E-state index contributed by atoms with van der Waals surface area (Å²) in [6.07, 6.45) is 2.74. The van der Waals surface area contributed by atoms with Crippen molar-refractivity contribution in [2.24, 2.45) is 5.10 Å². The lowest BCUT2D eigenvalue weighted by molar-refractivity contribution is 0.317. The van der Waals surface area contributed by atoms with Gasteiger partial charge < -0.3 is 4.74 Å². The van der Waals surface area contributed by atoms with E-state index >= 15 is 0 Å². The minimum atomic E-state index is 0.698. The van der Waals surface area contributed by atoms with E-state index in [0.717, 1.165) is 34.1 Å². The Balaban J connectivity index is 1.69. The van der Waals surface area contributed by atoms with Crippen molar-refractivity contribution in [3.63, 3.8) is 0 Å². The van der Waals surface area contributed by atoms with Gasteiger partial charge in [-0.15, -0.1) is 11.3 Å². The van der Waals surface area contributed by atoms with Crippen molar-refractivity contribution in [1.29, 1.82) is 0 Å². The summed E-state index contributed by atoms with van der Waals surface area (Å²) in [7, 11) is 0. The number of hydrogen-bond donors (Lipinski definition) is 1. The van der Waals surface area contributed by atoms with Gasteiger partial charge in [-0.2, -0.15) is 5.10 Å². The molecular formula is C21H23N3OS. The Morgan fingerprint density at radius 2 is 2.04 bits per heavy atom. The van der Waals surface area contributed by atoms with Crippen LogP contribution in [0, 0.1) is 13.8 Å². The predicted octanol–water partition coefficient (Wildman–Crippen LogP) is 5.66. The topological polar surface area (TPSA) is 46.5 Å². The molecule has 0 aliphatic carbocycles. The van der Waals surface area contributed by atoms with Crippen molar-refractivity contribution >= 4 is 22.7 Å². The zero-order valence-electron chi connectivity index (χ0n) is 15.3. The molecule has 0 amide bonds. The first-order valence-electron chi connectivity index (χ1n) is 8.71. The SMILES string of the molecule is CCCOc1ccccc1/C=N\Nc1nc(-c2ccc(C)cc2C)cs1. The van der Waals surface area contributed by atoms with Crippen molar-refractivity contribution < 1.29 is 4.74 Å². The highest BCUT2D eigenvalue weighted by Crippen LogP contribution is 2.28. The molecule has 1 aromatic heterocycles. The second-order valence-electron chi connectivity index (χ2n) is 6.11. The Hall–Kier alpha value is -2.66. The maximum absolute atomic E-state index is 5.74. The van der Waals surface area contributed by atoms with Gasteiger partial charge >= 0.3 is 0 Å². The molecule has 1 N–H and O–H groups in total. The molecule has 0 aliphatic heterocycles. The zero-order chi connectivity index (χ0) is 18.4. The number of rotatable bonds is 7. The van der Waals surface area contributed by atoms with Gasteiger partial charge in [-0.25, -0.2) is 4.98 Å². The first-order chi connectivity index (χ1) is 12.7. The number of hydrogen-bond acceptors (Lipinski definition) is 5. The van der Waals surface area contributed by atoms with Gasteiger partial charge in [-0.3, -0.25) is 5.43 Å². The van der Waals surface area contributed by atoms with Crippen molar-refractivity contribution in [1.82, 2.24) is 4.98 Å². The molecule has 26 heavy (non-hydrogen) atoms. The fraction of sp³-hybridized carbons (Fsp3) is 0.238. The molecule has 0 spiro atoms. The normalized spacial score (nSPS) is 11.0. The van der Waals surface area contributed by atoms with Crippen LogP contribution in [0.15, 0.2) is 52.9 Å². The van der Waals surface area contributed by atoms with Crippen LogP contribution in [0.5, 0.6) is 5.75 Å². The molecule has 3 aromatic rings. The van der Waals surface area contributed by atoms with Gasteiger partial charge in [-0.1, -0.05) is 42.8 Å². The number of anilines is 1. The third-order valence-corrected chi connectivity index (χ3v) is 4.65. The predicted molar refractivity (Wildman–Crippen MR) is 110 cm³/mol. The average molecular weight is 366 g/mol. The summed E-state index contributed by atoms with van der Waals surface area (Å²) in [6.45, 7) is 7.00. The summed E-state index contributed by atoms with van der Waals surface area (Å²) in [5.74, 6) is 0.843. The van der Waals surface area contributed by atoms with E-state index in [-0.39, 0.29) is 0 Å². The van der Waals surface area contributed by atoms with Gasteiger partial charge in [-0.05, 0) is 38.0 Å². The van der Waals surface area contributed by atoms with Gasteiger partial charge in [0.1, 0.15) is 5.75 Å². The van der Waals surface area contributed by atoms with Crippen LogP contribution < -0.4 is 10.2 Å². The van der Waals surface area contributed by atoms with Crippen LogP contribution in [0.1, 0.15) is 30.0 Å². The molecule has 0 saturated carbocycles. The van der Waals surface area contributed by atoms with E-state index in [2.05, 4.69) is 54.5 Å². The number of thiazole rings is 1. The maximum atomic E-state index is 5.74. The van der Waals surface area contributed by atoms with E-state index < -0.39 is 0 Å². The van der Waals surface area contributed by atoms with E-state index in [1.807, 2.05) is 29.6 Å². The number of para-hydroxylation sites is 1. The van der Waals surface area contributed by atoms with Crippen LogP contribution in [0.3, 0.4) is 0 Å². The third kappa shape index (κ3) is 4.49. The molecule has 4 nitrogen and oxygen atoms in total. The molecule has 0 fully saturated rings. The molecule has 0 aliphatic rings. The van der Waals surface area contributed by atoms with Crippen molar-refractivity contribution in [3.8, 4) is 17.0 Å². The molecular weight excluding hydrogens is 342 g/mol. The summed E-state index contributed by atoms with van der Waals surface area (Å²) in [5, 5.41) is 7.13. The smallest absolute Gasteiger partial charge is 0.203 e. The zero-order valence-corrected chi connectivity index (χ0v) is 16.1. The molecule has 5 heteroatoms. The summed E-state index contributed by atoms with van der Waals surface area (Å²) < 4.78 is 5.74.